The van der Waals surface area contributed by atoms with E-state index in [0.29, 0.717) is 29.5 Å². The van der Waals surface area contributed by atoms with Crippen LogP contribution >= 0.6 is 23.8 Å². The van der Waals surface area contributed by atoms with Crippen LogP contribution in [0.1, 0.15) is 19.4 Å². The molecule has 104 valence electrons. The lowest BCUT2D eigenvalue weighted by Crippen LogP contribution is -2.38. The summed E-state index contributed by atoms with van der Waals surface area (Å²) in [4.78, 5) is 14.4. The molecule has 1 atom stereocenters. The third-order valence-corrected chi connectivity index (χ3v) is 3.78. The number of likely N-dealkylation sites (N-methyl/N-ethyl adjacent to an activating group) is 1. The van der Waals surface area contributed by atoms with E-state index in [2.05, 4.69) is 0 Å². The van der Waals surface area contributed by atoms with Gasteiger partial charge in [-0.15, -0.1) is 0 Å². The van der Waals surface area contributed by atoms with Gasteiger partial charge in [-0.3, -0.25) is 4.79 Å². The lowest BCUT2D eigenvalue weighted by molar-refractivity contribution is -0.130. The van der Waals surface area contributed by atoms with E-state index in [1.54, 1.807) is 11.0 Å². The van der Waals surface area contributed by atoms with E-state index in [0.717, 1.165) is 5.56 Å². The molecule has 5 heteroatoms. The second-order valence-corrected chi connectivity index (χ2v) is 5.38. The zero-order valence-corrected chi connectivity index (χ0v) is 12.8. The number of benzene rings is 1. The van der Waals surface area contributed by atoms with E-state index in [9.17, 15) is 4.79 Å². The number of halogens is 1. The molecule has 0 aliphatic carbocycles. The van der Waals surface area contributed by atoms with Crippen molar-refractivity contribution in [3.05, 3.63) is 34.9 Å². The van der Waals surface area contributed by atoms with Crippen LogP contribution in [0.2, 0.25) is 5.02 Å². The molecule has 0 aliphatic heterocycles. The fourth-order valence-electron chi connectivity index (χ4n) is 1.74. The fourth-order valence-corrected chi connectivity index (χ4v) is 2.02. The molecule has 3 nitrogen and oxygen atoms in total. The molecule has 0 heterocycles. The number of amides is 1. The first kappa shape index (κ1) is 15.9. The van der Waals surface area contributed by atoms with E-state index in [-0.39, 0.29) is 11.8 Å². The van der Waals surface area contributed by atoms with Crippen molar-refractivity contribution in [2.75, 3.05) is 13.1 Å². The number of carbonyl (C=O) groups excluding carboxylic acids is 1. The summed E-state index contributed by atoms with van der Waals surface area (Å²) in [5.41, 5.74) is 6.43. The molecule has 0 aliphatic rings. The Morgan fingerprint density at radius 2 is 2.11 bits per heavy atom. The molecule has 0 bridgehead atoms. The molecule has 0 aromatic heterocycles. The second kappa shape index (κ2) is 7.46. The minimum Gasteiger partial charge on any atom is -0.393 e. The maximum absolute atomic E-state index is 12.2. The summed E-state index contributed by atoms with van der Waals surface area (Å²) in [5, 5.41) is 0.620. The highest BCUT2D eigenvalue weighted by Gasteiger charge is 2.17. The van der Waals surface area contributed by atoms with Gasteiger partial charge in [0, 0.05) is 24.0 Å². The van der Waals surface area contributed by atoms with Crippen molar-refractivity contribution in [3.8, 4) is 0 Å². The number of hydrogen-bond acceptors (Lipinski definition) is 2. The van der Waals surface area contributed by atoms with Crippen LogP contribution < -0.4 is 5.73 Å². The third kappa shape index (κ3) is 4.80. The third-order valence-electron chi connectivity index (χ3n) is 3.01. The van der Waals surface area contributed by atoms with Gasteiger partial charge >= 0.3 is 0 Å². The first-order chi connectivity index (χ1) is 8.95. The van der Waals surface area contributed by atoms with Crippen LogP contribution in [0.25, 0.3) is 0 Å². The van der Waals surface area contributed by atoms with Gasteiger partial charge in [0.25, 0.3) is 0 Å². The number of rotatable bonds is 6. The van der Waals surface area contributed by atoms with E-state index in [4.69, 9.17) is 29.6 Å². The number of carbonyl (C=O) groups is 1. The molecule has 0 fully saturated rings. The van der Waals surface area contributed by atoms with Gasteiger partial charge in [0.05, 0.1) is 11.4 Å². The van der Waals surface area contributed by atoms with E-state index in [1.807, 2.05) is 32.0 Å². The molecular weight excluding hydrogens is 280 g/mol. The molecule has 0 spiro atoms. The molecule has 0 saturated heterocycles. The summed E-state index contributed by atoms with van der Waals surface area (Å²) in [6.07, 6.45) is 0.303. The van der Waals surface area contributed by atoms with Gasteiger partial charge in [-0.2, -0.15) is 0 Å². The Balaban J connectivity index is 2.69. The number of nitrogens with zero attached hydrogens (tertiary/aromatic N) is 1. The predicted octanol–water partition coefficient (Wildman–Crippen LogP) is 2.65. The summed E-state index contributed by atoms with van der Waals surface area (Å²) in [5.74, 6) is 0.0591. The molecule has 1 aromatic carbocycles. The smallest absolute Gasteiger partial charge is 0.227 e. The van der Waals surface area contributed by atoms with Crippen molar-refractivity contribution in [1.82, 2.24) is 4.90 Å². The Kier molecular flexibility index (Phi) is 6.25. The summed E-state index contributed by atoms with van der Waals surface area (Å²) in [6, 6.07) is 7.38. The highest BCUT2D eigenvalue weighted by atomic mass is 35.5. The Morgan fingerprint density at radius 3 is 2.63 bits per heavy atom. The Labute approximate surface area is 124 Å². The van der Waals surface area contributed by atoms with Gasteiger partial charge in [0.1, 0.15) is 0 Å². The SMILES string of the molecule is CCN(CC(C)C(N)=S)C(=O)Cc1ccccc1Cl. The standard InChI is InChI=1S/C14H19ClN2OS/c1-3-17(9-10(2)14(16)19)13(18)8-11-6-4-5-7-12(11)15/h4-7,10H,3,8-9H2,1-2H3,(H2,16,19). The summed E-state index contributed by atoms with van der Waals surface area (Å²) in [7, 11) is 0. The summed E-state index contributed by atoms with van der Waals surface area (Å²) in [6.45, 7) is 5.05. The van der Waals surface area contributed by atoms with Gasteiger partial charge in [-0.25, -0.2) is 0 Å². The van der Waals surface area contributed by atoms with Crippen LogP contribution in [-0.2, 0) is 11.2 Å². The Bertz CT molecular complexity index is 465. The Hall–Kier alpha value is -1.13. The van der Waals surface area contributed by atoms with Gasteiger partial charge in [0.15, 0.2) is 0 Å². The highest BCUT2D eigenvalue weighted by molar-refractivity contribution is 7.80. The number of hydrogen-bond donors (Lipinski definition) is 1. The van der Waals surface area contributed by atoms with E-state index < -0.39 is 0 Å². The van der Waals surface area contributed by atoms with Gasteiger partial charge in [-0.1, -0.05) is 48.9 Å². The zero-order chi connectivity index (χ0) is 14.4. The minimum absolute atomic E-state index is 0.0187. The van der Waals surface area contributed by atoms with Crippen LogP contribution in [0.4, 0.5) is 0 Å². The fraction of sp³-hybridized carbons (Fsp3) is 0.429. The number of nitrogens with two attached hydrogens (primary N) is 1. The van der Waals surface area contributed by atoms with Gasteiger partial charge < -0.3 is 10.6 Å². The molecule has 1 rings (SSSR count). The van der Waals surface area contributed by atoms with Crippen LogP contribution in [-0.4, -0.2) is 28.9 Å². The molecule has 1 aromatic rings. The first-order valence-electron chi connectivity index (χ1n) is 6.26. The van der Waals surface area contributed by atoms with Gasteiger partial charge in [-0.05, 0) is 18.6 Å². The van der Waals surface area contributed by atoms with Crippen molar-refractivity contribution < 1.29 is 4.79 Å². The van der Waals surface area contributed by atoms with Crippen molar-refractivity contribution >= 4 is 34.7 Å². The number of thiocarbonyl (C=S) groups is 1. The largest absolute Gasteiger partial charge is 0.393 e. The molecule has 19 heavy (non-hydrogen) atoms. The Morgan fingerprint density at radius 1 is 1.47 bits per heavy atom. The summed E-state index contributed by atoms with van der Waals surface area (Å²) < 4.78 is 0. The second-order valence-electron chi connectivity index (χ2n) is 4.50. The monoisotopic (exact) mass is 298 g/mol. The average Bonchev–Trinajstić information content (AvgIpc) is 2.38. The molecule has 2 N–H and O–H groups in total. The maximum Gasteiger partial charge on any atom is 0.227 e. The summed E-state index contributed by atoms with van der Waals surface area (Å²) >= 11 is 11.0. The maximum atomic E-state index is 12.2. The molecule has 1 amide bonds. The van der Waals surface area contributed by atoms with Crippen LogP contribution in [0.15, 0.2) is 24.3 Å². The van der Waals surface area contributed by atoms with Crippen molar-refractivity contribution in [2.24, 2.45) is 11.7 Å². The van der Waals surface area contributed by atoms with Crippen molar-refractivity contribution in [2.45, 2.75) is 20.3 Å². The topological polar surface area (TPSA) is 46.3 Å². The lowest BCUT2D eigenvalue weighted by atomic mass is 10.1. The van der Waals surface area contributed by atoms with E-state index >= 15 is 0 Å². The molecular formula is C14H19ClN2OS. The van der Waals surface area contributed by atoms with Crippen molar-refractivity contribution in [3.63, 3.8) is 0 Å². The normalized spacial score (nSPS) is 11.9. The molecule has 0 radical (unpaired) electrons. The average molecular weight is 299 g/mol. The zero-order valence-electron chi connectivity index (χ0n) is 11.2. The first-order valence-corrected chi connectivity index (χ1v) is 7.04. The van der Waals surface area contributed by atoms with Crippen molar-refractivity contribution in [1.29, 1.82) is 0 Å². The van der Waals surface area contributed by atoms with Crippen LogP contribution in [0.3, 0.4) is 0 Å². The van der Waals surface area contributed by atoms with Gasteiger partial charge in [0.2, 0.25) is 5.91 Å². The van der Waals surface area contributed by atoms with Crippen LogP contribution in [0, 0.1) is 5.92 Å². The van der Waals surface area contributed by atoms with Crippen LogP contribution in [0.5, 0.6) is 0 Å². The quantitative estimate of drug-likeness (QED) is 0.821. The molecule has 1 unspecified atom stereocenters. The minimum atomic E-state index is 0.0187. The predicted molar refractivity (Wildman–Crippen MR) is 83.4 cm³/mol. The highest BCUT2D eigenvalue weighted by Crippen LogP contribution is 2.16. The lowest BCUT2D eigenvalue weighted by Gasteiger charge is -2.24. The molecule has 0 saturated carbocycles. The van der Waals surface area contributed by atoms with E-state index in [1.165, 1.54) is 0 Å².